The predicted molar refractivity (Wildman–Crippen MR) is 112 cm³/mol. The first-order valence-electron chi connectivity index (χ1n) is 9.04. The highest BCUT2D eigenvalue weighted by molar-refractivity contribution is 8.14. The molecule has 0 aliphatic rings. The van der Waals surface area contributed by atoms with Gasteiger partial charge in [-0.3, -0.25) is 14.4 Å². The standard InChI is InChI=1S/C21H24N2O5S/c1-4-7-16(19(22)24)23-20(25)14-8-5-6-9-18(14)29-21(26)15-12-13(27-2)10-11-17(15)28-3/h5-6,8-12,16H,4,7H2,1-3H3,(H2,22,24)(H,23,25)/t16-/m0/s1. The van der Waals surface area contributed by atoms with E-state index in [0.717, 1.165) is 11.8 Å². The van der Waals surface area contributed by atoms with Gasteiger partial charge in [0.1, 0.15) is 17.5 Å². The summed E-state index contributed by atoms with van der Waals surface area (Å²) in [7, 11) is 2.98. The molecule has 2 amide bonds. The van der Waals surface area contributed by atoms with Crippen LogP contribution in [0, 0.1) is 0 Å². The zero-order valence-electron chi connectivity index (χ0n) is 16.6. The lowest BCUT2D eigenvalue weighted by Crippen LogP contribution is -2.44. The Bertz CT molecular complexity index is 900. The van der Waals surface area contributed by atoms with E-state index in [9.17, 15) is 14.4 Å². The molecule has 0 aromatic heterocycles. The summed E-state index contributed by atoms with van der Waals surface area (Å²) in [6.45, 7) is 1.89. The second kappa shape index (κ2) is 10.5. The number of nitrogens with one attached hydrogen (secondary N) is 1. The number of rotatable bonds is 9. The largest absolute Gasteiger partial charge is 0.497 e. The van der Waals surface area contributed by atoms with Gasteiger partial charge in [0, 0.05) is 4.90 Å². The van der Waals surface area contributed by atoms with Crippen LogP contribution in [0.2, 0.25) is 0 Å². The maximum atomic E-state index is 12.9. The molecule has 29 heavy (non-hydrogen) atoms. The van der Waals surface area contributed by atoms with Crippen LogP contribution in [0.3, 0.4) is 0 Å². The molecule has 2 aromatic rings. The Morgan fingerprint density at radius 3 is 2.41 bits per heavy atom. The Kier molecular flexibility index (Phi) is 8.09. The molecule has 0 fully saturated rings. The molecule has 3 N–H and O–H groups in total. The van der Waals surface area contributed by atoms with Crippen molar-refractivity contribution in [2.75, 3.05) is 14.2 Å². The Morgan fingerprint density at radius 2 is 1.79 bits per heavy atom. The fourth-order valence-corrected chi connectivity index (χ4v) is 3.57. The molecule has 0 saturated heterocycles. The molecule has 0 bridgehead atoms. The molecule has 0 saturated carbocycles. The average molecular weight is 416 g/mol. The zero-order valence-corrected chi connectivity index (χ0v) is 17.4. The smallest absolute Gasteiger partial charge is 0.253 e. The van der Waals surface area contributed by atoms with E-state index in [1.54, 1.807) is 42.5 Å². The van der Waals surface area contributed by atoms with Crippen LogP contribution in [0.15, 0.2) is 47.4 Å². The van der Waals surface area contributed by atoms with Crippen molar-refractivity contribution in [3.05, 3.63) is 53.6 Å². The maximum Gasteiger partial charge on any atom is 0.253 e. The van der Waals surface area contributed by atoms with Gasteiger partial charge in [-0.15, -0.1) is 0 Å². The van der Waals surface area contributed by atoms with Gasteiger partial charge in [-0.05, 0) is 48.5 Å². The van der Waals surface area contributed by atoms with E-state index in [0.29, 0.717) is 34.8 Å². The van der Waals surface area contributed by atoms with E-state index in [4.69, 9.17) is 15.2 Å². The zero-order chi connectivity index (χ0) is 21.4. The van der Waals surface area contributed by atoms with Gasteiger partial charge in [-0.1, -0.05) is 25.5 Å². The van der Waals surface area contributed by atoms with Crippen molar-refractivity contribution < 1.29 is 23.9 Å². The number of nitrogens with two attached hydrogens (primary N) is 1. The number of thioether (sulfide) groups is 1. The van der Waals surface area contributed by atoms with Gasteiger partial charge in [0.25, 0.3) is 5.91 Å². The Hall–Kier alpha value is -3.00. The molecule has 0 heterocycles. The van der Waals surface area contributed by atoms with Crippen molar-refractivity contribution in [1.82, 2.24) is 5.32 Å². The number of hydrogen-bond donors (Lipinski definition) is 2. The summed E-state index contributed by atoms with van der Waals surface area (Å²) in [4.78, 5) is 37.6. The number of ether oxygens (including phenoxy) is 2. The van der Waals surface area contributed by atoms with Crippen LogP contribution in [0.1, 0.15) is 40.5 Å². The van der Waals surface area contributed by atoms with E-state index < -0.39 is 17.9 Å². The lowest BCUT2D eigenvalue weighted by molar-refractivity contribution is -0.120. The van der Waals surface area contributed by atoms with E-state index in [-0.39, 0.29) is 10.7 Å². The Balaban J connectivity index is 2.28. The fourth-order valence-electron chi connectivity index (χ4n) is 2.68. The van der Waals surface area contributed by atoms with Crippen molar-refractivity contribution in [2.45, 2.75) is 30.7 Å². The van der Waals surface area contributed by atoms with Gasteiger partial charge in [0.05, 0.1) is 25.3 Å². The minimum Gasteiger partial charge on any atom is -0.497 e. The van der Waals surface area contributed by atoms with Gasteiger partial charge < -0.3 is 20.5 Å². The van der Waals surface area contributed by atoms with Crippen molar-refractivity contribution in [3.8, 4) is 11.5 Å². The van der Waals surface area contributed by atoms with Crippen LogP contribution in [-0.2, 0) is 4.79 Å². The third-order valence-electron chi connectivity index (χ3n) is 4.19. The minimum absolute atomic E-state index is 0.287. The number of carbonyl (C=O) groups excluding carboxylic acids is 3. The van der Waals surface area contributed by atoms with E-state index in [1.807, 2.05) is 6.92 Å². The summed E-state index contributed by atoms with van der Waals surface area (Å²) >= 11 is 0.898. The highest BCUT2D eigenvalue weighted by atomic mass is 32.2. The summed E-state index contributed by atoms with van der Waals surface area (Å²) in [5.74, 6) is -0.134. The van der Waals surface area contributed by atoms with Crippen LogP contribution in [0.4, 0.5) is 0 Å². The normalized spacial score (nSPS) is 11.4. The summed E-state index contributed by atoms with van der Waals surface area (Å²) in [6.07, 6.45) is 1.13. The van der Waals surface area contributed by atoms with Crippen molar-refractivity contribution >= 4 is 28.7 Å². The maximum absolute atomic E-state index is 12.9. The number of carbonyl (C=O) groups is 3. The summed E-state index contributed by atoms with van der Waals surface area (Å²) in [5.41, 5.74) is 5.98. The average Bonchev–Trinajstić information content (AvgIpc) is 2.73. The SMILES string of the molecule is CCC[C@H](NC(=O)c1ccccc1SC(=O)c1cc(OC)ccc1OC)C(N)=O. The van der Waals surface area contributed by atoms with Crippen LogP contribution >= 0.6 is 11.8 Å². The van der Waals surface area contributed by atoms with E-state index in [1.165, 1.54) is 14.2 Å². The molecule has 8 heteroatoms. The predicted octanol–water partition coefficient (Wildman–Crippen LogP) is 3.02. The molecular weight excluding hydrogens is 392 g/mol. The van der Waals surface area contributed by atoms with Crippen molar-refractivity contribution in [3.63, 3.8) is 0 Å². The molecule has 154 valence electrons. The van der Waals surface area contributed by atoms with Crippen molar-refractivity contribution in [2.24, 2.45) is 5.73 Å². The Labute approximate surface area is 173 Å². The van der Waals surface area contributed by atoms with E-state index in [2.05, 4.69) is 5.32 Å². The molecule has 0 radical (unpaired) electrons. The summed E-state index contributed by atoms with van der Waals surface area (Å²) < 4.78 is 10.4. The second-order valence-electron chi connectivity index (χ2n) is 6.17. The van der Waals surface area contributed by atoms with Gasteiger partial charge in [0.15, 0.2) is 0 Å². The number of benzene rings is 2. The molecular formula is C21H24N2O5S. The van der Waals surface area contributed by atoms with E-state index >= 15 is 0 Å². The first kappa shape index (κ1) is 22.3. The molecule has 2 rings (SSSR count). The fraction of sp³-hybridized carbons (Fsp3) is 0.286. The monoisotopic (exact) mass is 416 g/mol. The number of hydrogen-bond acceptors (Lipinski definition) is 6. The van der Waals surface area contributed by atoms with Crippen LogP contribution in [0.5, 0.6) is 11.5 Å². The number of primary amides is 1. The molecule has 0 spiro atoms. The van der Waals surface area contributed by atoms with Crippen LogP contribution < -0.4 is 20.5 Å². The minimum atomic E-state index is -0.764. The summed E-state index contributed by atoms with van der Waals surface area (Å²) in [6, 6.07) is 10.8. The highest BCUT2D eigenvalue weighted by Gasteiger charge is 2.22. The third kappa shape index (κ3) is 5.74. The first-order chi connectivity index (χ1) is 13.9. The second-order valence-corrected chi connectivity index (χ2v) is 7.18. The van der Waals surface area contributed by atoms with Gasteiger partial charge in [0.2, 0.25) is 11.0 Å². The lowest BCUT2D eigenvalue weighted by Gasteiger charge is -2.16. The quantitative estimate of drug-likeness (QED) is 0.609. The molecule has 0 aliphatic carbocycles. The lowest BCUT2D eigenvalue weighted by atomic mass is 10.1. The molecule has 7 nitrogen and oxygen atoms in total. The molecule has 1 atom stereocenters. The molecule has 0 aliphatic heterocycles. The molecule has 0 unspecified atom stereocenters. The molecule has 2 aromatic carbocycles. The van der Waals surface area contributed by atoms with Crippen LogP contribution in [-0.4, -0.2) is 37.2 Å². The van der Waals surface area contributed by atoms with Gasteiger partial charge >= 0.3 is 0 Å². The van der Waals surface area contributed by atoms with Crippen molar-refractivity contribution in [1.29, 1.82) is 0 Å². The third-order valence-corrected chi connectivity index (χ3v) is 5.17. The topological polar surface area (TPSA) is 108 Å². The highest BCUT2D eigenvalue weighted by Crippen LogP contribution is 2.32. The van der Waals surface area contributed by atoms with Gasteiger partial charge in [-0.2, -0.15) is 0 Å². The number of amides is 2. The number of methoxy groups -OCH3 is 2. The summed E-state index contributed by atoms with van der Waals surface area (Å²) in [5, 5.41) is 2.34. The first-order valence-corrected chi connectivity index (χ1v) is 9.86. The van der Waals surface area contributed by atoms with Gasteiger partial charge in [-0.25, -0.2) is 0 Å². The van der Waals surface area contributed by atoms with Crippen LogP contribution in [0.25, 0.3) is 0 Å². The Morgan fingerprint density at radius 1 is 1.07 bits per heavy atom.